The first-order valence-corrected chi connectivity index (χ1v) is 5.14. The summed E-state index contributed by atoms with van der Waals surface area (Å²) in [6.45, 7) is 0.887. The molecule has 2 nitrogen and oxygen atoms in total. The highest BCUT2D eigenvalue weighted by Crippen LogP contribution is 2.29. The van der Waals surface area contributed by atoms with Crippen LogP contribution in [0.4, 0.5) is 0 Å². The Morgan fingerprint density at radius 3 is 3.08 bits per heavy atom. The molecule has 2 atom stereocenters. The minimum atomic E-state index is 0.303. The van der Waals surface area contributed by atoms with Gasteiger partial charge in [0.15, 0.2) is 0 Å². The minimum absolute atomic E-state index is 0.303. The Hall–Kier alpha value is -0.240. The maximum atomic E-state index is 11.4. The van der Waals surface area contributed by atoms with Crippen LogP contribution in [0.1, 0.15) is 32.1 Å². The third kappa shape index (κ3) is 1.45. The van der Waals surface area contributed by atoms with Gasteiger partial charge in [-0.1, -0.05) is 0 Å². The van der Waals surface area contributed by atoms with Crippen molar-refractivity contribution in [1.29, 1.82) is 0 Å². The van der Waals surface area contributed by atoms with Crippen LogP contribution in [-0.4, -0.2) is 28.8 Å². The third-order valence-electron chi connectivity index (χ3n) is 2.90. The lowest BCUT2D eigenvalue weighted by atomic mass is 9.93. The molecule has 0 radical (unpaired) electrons. The first-order chi connectivity index (χ1) is 5.77. The fourth-order valence-electron chi connectivity index (χ4n) is 2.24. The van der Waals surface area contributed by atoms with Crippen LogP contribution in [-0.2, 0) is 4.79 Å². The molecule has 1 amide bonds. The predicted octanol–water partition coefficient (Wildman–Crippen LogP) is 1.77. The van der Waals surface area contributed by atoms with Crippen molar-refractivity contribution in [2.75, 3.05) is 6.54 Å². The second-order valence-corrected chi connectivity index (χ2v) is 4.37. The van der Waals surface area contributed by atoms with Gasteiger partial charge < -0.3 is 4.90 Å². The molecule has 2 aliphatic heterocycles. The van der Waals surface area contributed by atoms with Crippen LogP contribution in [0.3, 0.4) is 0 Å². The van der Waals surface area contributed by atoms with Gasteiger partial charge in [0.25, 0.3) is 0 Å². The number of alkyl halides is 1. The quantitative estimate of drug-likeness (QED) is 0.530. The Morgan fingerprint density at radius 2 is 2.25 bits per heavy atom. The highest BCUT2D eigenvalue weighted by atomic mass is 35.5. The van der Waals surface area contributed by atoms with Crippen molar-refractivity contribution in [3.63, 3.8) is 0 Å². The van der Waals surface area contributed by atoms with E-state index in [9.17, 15) is 4.79 Å². The molecule has 12 heavy (non-hydrogen) atoms. The molecule has 2 fully saturated rings. The van der Waals surface area contributed by atoms with E-state index in [1.165, 1.54) is 0 Å². The number of halogens is 1. The molecule has 0 aromatic heterocycles. The average molecular weight is 188 g/mol. The van der Waals surface area contributed by atoms with Gasteiger partial charge in [0.1, 0.15) is 0 Å². The Kier molecular flexibility index (Phi) is 2.26. The molecule has 68 valence electrons. The number of carbonyl (C=O) groups is 1. The van der Waals surface area contributed by atoms with Crippen molar-refractivity contribution >= 4 is 17.5 Å². The zero-order valence-corrected chi connectivity index (χ0v) is 7.89. The molecular formula is C9H14ClNO. The van der Waals surface area contributed by atoms with Gasteiger partial charge in [-0.25, -0.2) is 0 Å². The maximum absolute atomic E-state index is 11.4. The van der Waals surface area contributed by atoms with Gasteiger partial charge in [-0.3, -0.25) is 4.79 Å². The zero-order chi connectivity index (χ0) is 8.55. The molecule has 2 saturated heterocycles. The standard InChI is InChI=1S/C9H14ClNO/c10-7-4-5-11-8(6-7)2-1-3-9(11)12/h7-8H,1-6H2. The predicted molar refractivity (Wildman–Crippen MR) is 48.2 cm³/mol. The van der Waals surface area contributed by atoms with Crippen molar-refractivity contribution in [2.24, 2.45) is 0 Å². The van der Waals surface area contributed by atoms with E-state index in [4.69, 9.17) is 11.6 Å². The molecule has 0 aromatic carbocycles. The Bertz CT molecular complexity index is 195. The van der Waals surface area contributed by atoms with Gasteiger partial charge in [0, 0.05) is 24.4 Å². The lowest BCUT2D eigenvalue weighted by molar-refractivity contribution is -0.137. The van der Waals surface area contributed by atoms with Gasteiger partial charge in [-0.2, -0.15) is 0 Å². The summed E-state index contributed by atoms with van der Waals surface area (Å²) in [5, 5.41) is 0.303. The van der Waals surface area contributed by atoms with Gasteiger partial charge in [-0.15, -0.1) is 11.6 Å². The molecule has 0 aliphatic carbocycles. The minimum Gasteiger partial charge on any atom is -0.340 e. The van der Waals surface area contributed by atoms with Crippen molar-refractivity contribution in [3.8, 4) is 0 Å². The van der Waals surface area contributed by atoms with Crippen LogP contribution >= 0.6 is 11.6 Å². The number of piperidine rings is 2. The Labute approximate surface area is 77.9 Å². The average Bonchev–Trinajstić information content (AvgIpc) is 2.04. The van der Waals surface area contributed by atoms with E-state index >= 15 is 0 Å². The number of fused-ring (bicyclic) bond motifs is 1. The molecule has 3 heteroatoms. The molecule has 2 heterocycles. The molecule has 0 aromatic rings. The fourth-order valence-corrected chi connectivity index (χ4v) is 2.54. The first kappa shape index (κ1) is 8.36. The normalized spacial score (nSPS) is 36.4. The van der Waals surface area contributed by atoms with E-state index in [0.717, 1.165) is 38.6 Å². The fraction of sp³-hybridized carbons (Fsp3) is 0.889. The second kappa shape index (κ2) is 3.25. The van der Waals surface area contributed by atoms with E-state index in [1.54, 1.807) is 0 Å². The number of carbonyl (C=O) groups excluding carboxylic acids is 1. The summed E-state index contributed by atoms with van der Waals surface area (Å²) in [6, 6.07) is 0.461. The lowest BCUT2D eigenvalue weighted by Gasteiger charge is -2.40. The summed E-state index contributed by atoms with van der Waals surface area (Å²) in [5.41, 5.74) is 0. The van der Waals surface area contributed by atoms with Crippen molar-refractivity contribution in [1.82, 2.24) is 4.90 Å². The summed E-state index contributed by atoms with van der Waals surface area (Å²) in [4.78, 5) is 13.4. The summed E-state index contributed by atoms with van der Waals surface area (Å²) in [6.07, 6.45) is 4.96. The van der Waals surface area contributed by atoms with Gasteiger partial charge in [0.2, 0.25) is 5.91 Å². The van der Waals surface area contributed by atoms with Crippen LogP contribution in [0, 0.1) is 0 Å². The largest absolute Gasteiger partial charge is 0.340 e. The molecule has 2 rings (SSSR count). The first-order valence-electron chi connectivity index (χ1n) is 4.71. The van der Waals surface area contributed by atoms with Gasteiger partial charge in [-0.05, 0) is 25.7 Å². The van der Waals surface area contributed by atoms with Crippen LogP contribution < -0.4 is 0 Å². The monoisotopic (exact) mass is 187 g/mol. The Balaban J connectivity index is 2.04. The van der Waals surface area contributed by atoms with Crippen molar-refractivity contribution < 1.29 is 4.79 Å². The zero-order valence-electron chi connectivity index (χ0n) is 7.13. The highest BCUT2D eigenvalue weighted by molar-refractivity contribution is 6.20. The molecule has 0 saturated carbocycles. The molecule has 0 N–H and O–H groups in total. The summed E-state index contributed by atoms with van der Waals surface area (Å²) >= 11 is 6.05. The van der Waals surface area contributed by atoms with Crippen LogP contribution in [0.5, 0.6) is 0 Å². The van der Waals surface area contributed by atoms with Gasteiger partial charge in [0.05, 0.1) is 0 Å². The number of rotatable bonds is 0. The molecule has 2 unspecified atom stereocenters. The van der Waals surface area contributed by atoms with Crippen LogP contribution in [0.25, 0.3) is 0 Å². The van der Waals surface area contributed by atoms with E-state index < -0.39 is 0 Å². The number of hydrogen-bond donors (Lipinski definition) is 0. The lowest BCUT2D eigenvalue weighted by Crippen LogP contribution is -2.48. The molecule has 0 spiro atoms. The summed E-state index contributed by atoms with van der Waals surface area (Å²) in [7, 11) is 0. The van der Waals surface area contributed by atoms with Crippen molar-refractivity contribution in [2.45, 2.75) is 43.5 Å². The summed E-state index contributed by atoms with van der Waals surface area (Å²) in [5.74, 6) is 0.342. The third-order valence-corrected chi connectivity index (χ3v) is 3.30. The van der Waals surface area contributed by atoms with Crippen LogP contribution in [0.2, 0.25) is 0 Å². The smallest absolute Gasteiger partial charge is 0.222 e. The number of nitrogens with zero attached hydrogens (tertiary/aromatic N) is 1. The molecular weight excluding hydrogens is 174 g/mol. The number of amides is 1. The van der Waals surface area contributed by atoms with Crippen LogP contribution in [0.15, 0.2) is 0 Å². The topological polar surface area (TPSA) is 20.3 Å². The molecule has 0 bridgehead atoms. The molecule has 2 aliphatic rings. The Morgan fingerprint density at radius 1 is 1.42 bits per heavy atom. The van der Waals surface area contributed by atoms with E-state index in [0.29, 0.717) is 17.3 Å². The van der Waals surface area contributed by atoms with Crippen molar-refractivity contribution in [3.05, 3.63) is 0 Å². The SMILES string of the molecule is O=C1CCCC2CC(Cl)CCN12. The summed E-state index contributed by atoms with van der Waals surface area (Å²) < 4.78 is 0. The van der Waals surface area contributed by atoms with E-state index in [-0.39, 0.29) is 0 Å². The number of hydrogen-bond acceptors (Lipinski definition) is 1. The second-order valence-electron chi connectivity index (χ2n) is 3.75. The maximum Gasteiger partial charge on any atom is 0.222 e. The highest BCUT2D eigenvalue weighted by Gasteiger charge is 2.32. The van der Waals surface area contributed by atoms with E-state index in [1.807, 2.05) is 4.90 Å². The van der Waals surface area contributed by atoms with Gasteiger partial charge >= 0.3 is 0 Å². The van der Waals surface area contributed by atoms with E-state index in [2.05, 4.69) is 0 Å².